The summed E-state index contributed by atoms with van der Waals surface area (Å²) in [5.74, 6) is 0.399. The minimum absolute atomic E-state index is 0.129. The van der Waals surface area contributed by atoms with Gasteiger partial charge in [-0.05, 0) is 37.2 Å². The van der Waals surface area contributed by atoms with Crippen LogP contribution in [0.25, 0.3) is 0 Å². The average molecular weight is 308 g/mol. The lowest BCUT2D eigenvalue weighted by molar-refractivity contribution is 0.312. The van der Waals surface area contributed by atoms with E-state index >= 15 is 0 Å². The van der Waals surface area contributed by atoms with E-state index in [0.717, 1.165) is 23.3 Å². The van der Waals surface area contributed by atoms with Crippen LogP contribution in [0.5, 0.6) is 5.75 Å². The Balaban J connectivity index is 2.38. The first-order valence-electron chi connectivity index (χ1n) is 7.01. The topological polar surface area (TPSA) is 21.3 Å². The molecule has 0 radical (unpaired) electrons. The number of hydrogen-bond acceptors (Lipinski definition) is 2. The SMILES string of the molecule is CCCOc1ccccc1C(NC)c1ccc(Cl)c(F)c1. The molecule has 112 valence electrons. The highest BCUT2D eigenvalue weighted by molar-refractivity contribution is 6.30. The first-order valence-corrected chi connectivity index (χ1v) is 7.39. The molecular formula is C17H19ClFNO. The predicted octanol–water partition coefficient (Wildman–Crippen LogP) is 4.58. The molecule has 0 spiro atoms. The summed E-state index contributed by atoms with van der Waals surface area (Å²) in [7, 11) is 1.84. The Kier molecular flexibility index (Phi) is 5.59. The van der Waals surface area contributed by atoms with E-state index in [0.29, 0.717) is 6.61 Å². The molecule has 0 saturated carbocycles. The van der Waals surface area contributed by atoms with Crippen molar-refractivity contribution >= 4 is 11.6 Å². The van der Waals surface area contributed by atoms with Crippen molar-refractivity contribution < 1.29 is 9.13 Å². The summed E-state index contributed by atoms with van der Waals surface area (Å²) in [6, 6.07) is 12.5. The Hall–Kier alpha value is -1.58. The van der Waals surface area contributed by atoms with Crippen LogP contribution in [0.4, 0.5) is 4.39 Å². The van der Waals surface area contributed by atoms with Crippen molar-refractivity contribution in [1.82, 2.24) is 5.32 Å². The van der Waals surface area contributed by atoms with E-state index in [2.05, 4.69) is 12.2 Å². The molecule has 0 amide bonds. The zero-order valence-electron chi connectivity index (χ0n) is 12.2. The predicted molar refractivity (Wildman–Crippen MR) is 84.5 cm³/mol. The van der Waals surface area contributed by atoms with Crippen molar-refractivity contribution in [2.75, 3.05) is 13.7 Å². The number of benzene rings is 2. The second-order valence-electron chi connectivity index (χ2n) is 4.78. The summed E-state index contributed by atoms with van der Waals surface area (Å²) in [6.07, 6.45) is 0.939. The number of hydrogen-bond donors (Lipinski definition) is 1. The Morgan fingerprint density at radius 2 is 2.00 bits per heavy atom. The molecule has 0 aliphatic carbocycles. The molecule has 0 aliphatic rings. The molecule has 2 aromatic rings. The number of rotatable bonds is 6. The molecule has 1 atom stereocenters. The van der Waals surface area contributed by atoms with Gasteiger partial charge in [0, 0.05) is 5.56 Å². The van der Waals surface area contributed by atoms with E-state index in [4.69, 9.17) is 16.3 Å². The van der Waals surface area contributed by atoms with Gasteiger partial charge < -0.3 is 10.1 Å². The van der Waals surface area contributed by atoms with Crippen LogP contribution in [0.1, 0.15) is 30.5 Å². The monoisotopic (exact) mass is 307 g/mol. The minimum Gasteiger partial charge on any atom is -0.493 e. The second-order valence-corrected chi connectivity index (χ2v) is 5.19. The fraction of sp³-hybridized carbons (Fsp3) is 0.294. The molecule has 0 aromatic heterocycles. The highest BCUT2D eigenvalue weighted by Crippen LogP contribution is 2.31. The summed E-state index contributed by atoms with van der Waals surface area (Å²) in [4.78, 5) is 0. The van der Waals surface area contributed by atoms with E-state index in [9.17, 15) is 4.39 Å². The first kappa shape index (κ1) is 15.8. The molecule has 4 heteroatoms. The van der Waals surface area contributed by atoms with Gasteiger partial charge in [0.1, 0.15) is 11.6 Å². The molecular weight excluding hydrogens is 289 g/mol. The van der Waals surface area contributed by atoms with Gasteiger partial charge in [-0.2, -0.15) is 0 Å². The van der Waals surface area contributed by atoms with Crippen molar-refractivity contribution in [3.8, 4) is 5.75 Å². The van der Waals surface area contributed by atoms with Crippen LogP contribution >= 0.6 is 11.6 Å². The molecule has 1 unspecified atom stereocenters. The third-order valence-electron chi connectivity index (χ3n) is 3.26. The standard InChI is InChI=1S/C17H19ClFNO/c1-3-10-21-16-7-5-4-6-13(16)17(20-2)12-8-9-14(18)15(19)11-12/h4-9,11,17,20H,3,10H2,1-2H3. The molecule has 2 aromatic carbocycles. The van der Waals surface area contributed by atoms with Gasteiger partial charge in [0.05, 0.1) is 17.7 Å². The third-order valence-corrected chi connectivity index (χ3v) is 3.56. The van der Waals surface area contributed by atoms with Gasteiger partial charge in [-0.25, -0.2) is 4.39 Å². The van der Waals surface area contributed by atoms with Gasteiger partial charge in [-0.15, -0.1) is 0 Å². The highest BCUT2D eigenvalue weighted by Gasteiger charge is 2.17. The van der Waals surface area contributed by atoms with Crippen LogP contribution in [0.2, 0.25) is 5.02 Å². The van der Waals surface area contributed by atoms with Gasteiger partial charge in [0.25, 0.3) is 0 Å². The number of nitrogens with one attached hydrogen (secondary N) is 1. The summed E-state index contributed by atoms with van der Waals surface area (Å²) in [6.45, 7) is 2.72. The van der Waals surface area contributed by atoms with E-state index in [-0.39, 0.29) is 11.1 Å². The maximum absolute atomic E-state index is 13.7. The molecule has 0 fully saturated rings. The summed E-state index contributed by atoms with van der Waals surface area (Å²) < 4.78 is 19.5. The molecule has 1 N–H and O–H groups in total. The van der Waals surface area contributed by atoms with Gasteiger partial charge in [-0.1, -0.05) is 42.8 Å². The number of halogens is 2. The van der Waals surface area contributed by atoms with Crippen LogP contribution in [0.15, 0.2) is 42.5 Å². The van der Waals surface area contributed by atoms with Gasteiger partial charge >= 0.3 is 0 Å². The Morgan fingerprint density at radius 1 is 1.24 bits per heavy atom. The summed E-state index contributed by atoms with van der Waals surface area (Å²) >= 11 is 5.75. The van der Waals surface area contributed by atoms with Crippen molar-refractivity contribution in [3.63, 3.8) is 0 Å². The molecule has 0 heterocycles. The van der Waals surface area contributed by atoms with Crippen molar-refractivity contribution in [2.45, 2.75) is 19.4 Å². The van der Waals surface area contributed by atoms with Crippen molar-refractivity contribution in [3.05, 3.63) is 64.4 Å². The zero-order valence-corrected chi connectivity index (χ0v) is 13.0. The molecule has 21 heavy (non-hydrogen) atoms. The minimum atomic E-state index is -0.415. The maximum atomic E-state index is 13.7. The molecule has 0 aliphatic heterocycles. The Bertz CT molecular complexity index is 603. The fourth-order valence-electron chi connectivity index (χ4n) is 2.26. The van der Waals surface area contributed by atoms with E-state index in [1.54, 1.807) is 6.07 Å². The van der Waals surface area contributed by atoms with Gasteiger partial charge in [0.2, 0.25) is 0 Å². The average Bonchev–Trinajstić information content (AvgIpc) is 2.50. The van der Waals surface area contributed by atoms with Crippen LogP contribution in [0, 0.1) is 5.82 Å². The van der Waals surface area contributed by atoms with E-state index in [1.165, 1.54) is 6.07 Å². The lowest BCUT2D eigenvalue weighted by atomic mass is 9.98. The molecule has 2 nitrogen and oxygen atoms in total. The third kappa shape index (κ3) is 3.74. The van der Waals surface area contributed by atoms with Crippen LogP contribution < -0.4 is 10.1 Å². The van der Waals surface area contributed by atoms with Crippen molar-refractivity contribution in [1.29, 1.82) is 0 Å². The van der Waals surface area contributed by atoms with E-state index in [1.807, 2.05) is 37.4 Å². The Labute approximate surface area is 129 Å². The zero-order chi connectivity index (χ0) is 15.2. The largest absolute Gasteiger partial charge is 0.493 e. The molecule has 2 rings (SSSR count). The molecule has 0 saturated heterocycles. The van der Waals surface area contributed by atoms with Crippen LogP contribution in [-0.4, -0.2) is 13.7 Å². The summed E-state index contributed by atoms with van der Waals surface area (Å²) in [5, 5.41) is 3.34. The number of para-hydroxylation sites is 1. The summed E-state index contributed by atoms with van der Waals surface area (Å²) in [5.41, 5.74) is 1.79. The number of ether oxygens (including phenoxy) is 1. The molecule has 0 bridgehead atoms. The fourth-order valence-corrected chi connectivity index (χ4v) is 2.37. The quantitative estimate of drug-likeness (QED) is 0.843. The highest BCUT2D eigenvalue weighted by atomic mass is 35.5. The maximum Gasteiger partial charge on any atom is 0.142 e. The van der Waals surface area contributed by atoms with Gasteiger partial charge in [0.15, 0.2) is 0 Å². The normalized spacial score (nSPS) is 12.2. The first-order chi connectivity index (χ1) is 10.2. The van der Waals surface area contributed by atoms with Crippen LogP contribution in [0.3, 0.4) is 0 Å². The van der Waals surface area contributed by atoms with Gasteiger partial charge in [-0.3, -0.25) is 0 Å². The lowest BCUT2D eigenvalue weighted by Crippen LogP contribution is -2.19. The smallest absolute Gasteiger partial charge is 0.142 e. The Morgan fingerprint density at radius 3 is 2.67 bits per heavy atom. The lowest BCUT2D eigenvalue weighted by Gasteiger charge is -2.21. The van der Waals surface area contributed by atoms with Crippen molar-refractivity contribution in [2.24, 2.45) is 0 Å². The van der Waals surface area contributed by atoms with Crippen LogP contribution in [-0.2, 0) is 0 Å². The second kappa shape index (κ2) is 7.43. The van der Waals surface area contributed by atoms with E-state index < -0.39 is 5.82 Å².